The van der Waals surface area contributed by atoms with Crippen LogP contribution in [0.15, 0.2) is 42.5 Å². The summed E-state index contributed by atoms with van der Waals surface area (Å²) >= 11 is 0. The molecule has 2 aromatic carbocycles. The molecule has 0 saturated carbocycles. The monoisotopic (exact) mass is 404 g/mol. The molecular weight excluding hydrogens is 380 g/mol. The predicted octanol–water partition coefficient (Wildman–Crippen LogP) is 2.58. The number of hydrogen-bond acceptors (Lipinski definition) is 5. The molecule has 1 unspecified atom stereocenters. The van der Waals surface area contributed by atoms with Crippen LogP contribution in [0.25, 0.3) is 0 Å². The Balaban J connectivity index is 1.78. The Hall–Kier alpha value is -2.74. The number of fused-ring (bicyclic) bond motifs is 1. The van der Waals surface area contributed by atoms with Crippen molar-refractivity contribution in [2.24, 2.45) is 0 Å². The number of rotatable bonds is 7. The van der Waals surface area contributed by atoms with E-state index in [2.05, 4.69) is 5.32 Å². The van der Waals surface area contributed by atoms with Crippen LogP contribution in [0.1, 0.15) is 24.5 Å². The van der Waals surface area contributed by atoms with Crippen molar-refractivity contribution in [3.63, 3.8) is 0 Å². The Kier molecular flexibility index (Phi) is 5.79. The van der Waals surface area contributed by atoms with Gasteiger partial charge in [0.25, 0.3) is 0 Å². The highest BCUT2D eigenvalue weighted by Gasteiger charge is 2.31. The average molecular weight is 404 g/mol. The third-order valence-corrected chi connectivity index (χ3v) is 5.67. The summed E-state index contributed by atoms with van der Waals surface area (Å²) in [6.45, 7) is 4.11. The van der Waals surface area contributed by atoms with Gasteiger partial charge in [-0.2, -0.15) is 0 Å². The summed E-state index contributed by atoms with van der Waals surface area (Å²) in [5.74, 6) is 0.952. The van der Waals surface area contributed by atoms with E-state index in [4.69, 9.17) is 9.47 Å². The molecule has 0 saturated heterocycles. The average Bonchev–Trinajstić information content (AvgIpc) is 3.10. The van der Waals surface area contributed by atoms with Gasteiger partial charge in [0.2, 0.25) is 22.7 Å². The van der Waals surface area contributed by atoms with Crippen LogP contribution in [0.4, 0.5) is 5.69 Å². The molecule has 0 aliphatic carbocycles. The van der Waals surface area contributed by atoms with Gasteiger partial charge in [-0.3, -0.25) is 9.10 Å². The number of aryl methyl sites for hydroxylation is 1. The third kappa shape index (κ3) is 4.39. The smallest absolute Gasteiger partial charge is 0.244 e. The molecule has 28 heavy (non-hydrogen) atoms. The van der Waals surface area contributed by atoms with Crippen molar-refractivity contribution < 1.29 is 22.7 Å². The van der Waals surface area contributed by atoms with Gasteiger partial charge in [0, 0.05) is 6.54 Å². The zero-order chi connectivity index (χ0) is 20.3. The van der Waals surface area contributed by atoms with E-state index in [1.807, 2.05) is 19.1 Å². The van der Waals surface area contributed by atoms with Gasteiger partial charge >= 0.3 is 0 Å². The summed E-state index contributed by atoms with van der Waals surface area (Å²) in [5, 5.41) is 2.84. The van der Waals surface area contributed by atoms with Crippen LogP contribution < -0.4 is 19.1 Å². The number of benzene rings is 2. The number of anilines is 1. The molecule has 0 fully saturated rings. The molecule has 1 heterocycles. The molecule has 7 nitrogen and oxygen atoms in total. The largest absolute Gasteiger partial charge is 0.454 e. The second kappa shape index (κ2) is 8.10. The van der Waals surface area contributed by atoms with Crippen molar-refractivity contribution in [3.05, 3.63) is 53.6 Å². The fraction of sp³-hybridized carbons (Fsp3) is 0.350. The van der Waals surface area contributed by atoms with Crippen LogP contribution in [0.3, 0.4) is 0 Å². The van der Waals surface area contributed by atoms with Crippen molar-refractivity contribution >= 4 is 21.6 Å². The summed E-state index contributed by atoms with van der Waals surface area (Å²) in [6, 6.07) is 11.7. The quantitative estimate of drug-likeness (QED) is 0.767. The van der Waals surface area contributed by atoms with Gasteiger partial charge in [-0.05, 0) is 48.7 Å². The van der Waals surface area contributed by atoms with Gasteiger partial charge in [0.15, 0.2) is 11.5 Å². The Morgan fingerprint density at radius 2 is 1.93 bits per heavy atom. The van der Waals surface area contributed by atoms with Crippen molar-refractivity contribution in [2.45, 2.75) is 32.9 Å². The SMILES string of the molecule is CCC(C(=O)NCc1ccc2c(c1)OCO2)N(c1cccc(C)c1)S(C)(=O)=O. The van der Waals surface area contributed by atoms with Gasteiger partial charge in [0.1, 0.15) is 6.04 Å². The van der Waals surface area contributed by atoms with E-state index in [-0.39, 0.29) is 19.2 Å². The number of sulfonamides is 1. The standard InChI is InChI=1S/C20H24N2O5S/c1-4-17(22(28(3,24)25)16-7-5-6-14(2)10-16)20(23)21-12-15-8-9-18-19(11-15)27-13-26-18/h5-11,17H,4,12-13H2,1-3H3,(H,21,23). The van der Waals surface area contributed by atoms with Gasteiger partial charge in [0.05, 0.1) is 11.9 Å². The summed E-state index contributed by atoms with van der Waals surface area (Å²) in [6.07, 6.45) is 1.46. The highest BCUT2D eigenvalue weighted by Crippen LogP contribution is 2.32. The predicted molar refractivity (Wildman–Crippen MR) is 107 cm³/mol. The Morgan fingerprint density at radius 3 is 2.61 bits per heavy atom. The molecule has 0 aromatic heterocycles. The zero-order valence-electron chi connectivity index (χ0n) is 16.1. The van der Waals surface area contributed by atoms with Crippen molar-refractivity contribution in [1.29, 1.82) is 0 Å². The van der Waals surface area contributed by atoms with E-state index in [9.17, 15) is 13.2 Å². The van der Waals surface area contributed by atoms with Gasteiger partial charge in [-0.25, -0.2) is 8.42 Å². The number of carbonyl (C=O) groups excluding carboxylic acids is 1. The molecule has 1 N–H and O–H groups in total. The maximum atomic E-state index is 12.9. The van der Waals surface area contributed by atoms with Crippen LogP contribution in [0.2, 0.25) is 0 Å². The lowest BCUT2D eigenvalue weighted by Crippen LogP contribution is -2.49. The van der Waals surface area contributed by atoms with Crippen LogP contribution in [-0.2, 0) is 21.4 Å². The maximum absolute atomic E-state index is 12.9. The first-order valence-corrected chi connectivity index (χ1v) is 10.9. The second-order valence-electron chi connectivity index (χ2n) is 6.73. The Labute approximate surface area is 165 Å². The molecule has 0 spiro atoms. The molecule has 150 valence electrons. The molecule has 1 aliphatic rings. The number of carbonyl (C=O) groups is 1. The fourth-order valence-corrected chi connectivity index (χ4v) is 4.39. The highest BCUT2D eigenvalue weighted by atomic mass is 32.2. The zero-order valence-corrected chi connectivity index (χ0v) is 17.0. The lowest BCUT2D eigenvalue weighted by molar-refractivity contribution is -0.122. The number of nitrogens with zero attached hydrogens (tertiary/aromatic N) is 1. The lowest BCUT2D eigenvalue weighted by Gasteiger charge is -2.30. The van der Waals surface area contributed by atoms with E-state index in [1.54, 1.807) is 37.3 Å². The molecule has 2 aromatic rings. The number of nitrogens with one attached hydrogen (secondary N) is 1. The number of ether oxygens (including phenoxy) is 2. The van der Waals surface area contributed by atoms with E-state index < -0.39 is 16.1 Å². The Morgan fingerprint density at radius 1 is 1.18 bits per heavy atom. The Bertz CT molecular complexity index is 974. The first-order valence-electron chi connectivity index (χ1n) is 9.02. The lowest BCUT2D eigenvalue weighted by atomic mass is 10.1. The van der Waals surface area contributed by atoms with Gasteiger partial charge < -0.3 is 14.8 Å². The summed E-state index contributed by atoms with van der Waals surface area (Å²) in [7, 11) is -3.65. The summed E-state index contributed by atoms with van der Waals surface area (Å²) < 4.78 is 36.7. The molecule has 8 heteroatoms. The summed E-state index contributed by atoms with van der Waals surface area (Å²) in [5.41, 5.74) is 2.24. The van der Waals surface area contributed by atoms with Crippen molar-refractivity contribution in [3.8, 4) is 11.5 Å². The van der Waals surface area contributed by atoms with Crippen LogP contribution in [0.5, 0.6) is 11.5 Å². The molecule has 1 amide bonds. The first-order chi connectivity index (χ1) is 13.3. The fourth-order valence-electron chi connectivity index (χ4n) is 3.18. The highest BCUT2D eigenvalue weighted by molar-refractivity contribution is 7.92. The number of hydrogen-bond donors (Lipinski definition) is 1. The van der Waals surface area contributed by atoms with Crippen molar-refractivity contribution in [1.82, 2.24) is 5.32 Å². The van der Waals surface area contributed by atoms with E-state index >= 15 is 0 Å². The van der Waals surface area contributed by atoms with Gasteiger partial charge in [-0.15, -0.1) is 0 Å². The molecular formula is C20H24N2O5S. The maximum Gasteiger partial charge on any atom is 0.244 e. The normalized spacial score (nSPS) is 13.8. The number of amides is 1. The van der Waals surface area contributed by atoms with E-state index in [0.29, 0.717) is 23.6 Å². The van der Waals surface area contributed by atoms with Gasteiger partial charge in [-0.1, -0.05) is 25.1 Å². The molecule has 3 rings (SSSR count). The molecule has 1 atom stereocenters. The minimum atomic E-state index is -3.65. The molecule has 1 aliphatic heterocycles. The minimum Gasteiger partial charge on any atom is -0.454 e. The van der Waals surface area contributed by atoms with E-state index in [1.165, 1.54) is 4.31 Å². The summed E-state index contributed by atoms with van der Waals surface area (Å²) in [4.78, 5) is 12.9. The van der Waals surface area contributed by atoms with Crippen LogP contribution in [-0.4, -0.2) is 33.4 Å². The molecule has 0 bridgehead atoms. The second-order valence-corrected chi connectivity index (χ2v) is 8.59. The van der Waals surface area contributed by atoms with E-state index in [0.717, 1.165) is 17.4 Å². The topological polar surface area (TPSA) is 84.9 Å². The van der Waals surface area contributed by atoms with Crippen LogP contribution >= 0.6 is 0 Å². The molecule has 0 radical (unpaired) electrons. The van der Waals surface area contributed by atoms with Crippen LogP contribution in [0, 0.1) is 6.92 Å². The van der Waals surface area contributed by atoms with Crippen molar-refractivity contribution in [2.75, 3.05) is 17.4 Å². The third-order valence-electron chi connectivity index (χ3n) is 4.49. The first kappa shape index (κ1) is 20.0. The minimum absolute atomic E-state index is 0.183.